The number of nitrogens with zero attached hydrogens (tertiary/aromatic N) is 2. The largest absolute Gasteiger partial charge is 0.394 e. The molecule has 1 aliphatic rings. The lowest BCUT2D eigenvalue weighted by Crippen LogP contribution is -2.33. The molecule has 0 amide bonds. The minimum absolute atomic E-state index is 0.0124. The van der Waals surface area contributed by atoms with Crippen molar-refractivity contribution in [2.45, 2.75) is 31.5 Å². The molecule has 1 saturated carbocycles. The summed E-state index contributed by atoms with van der Waals surface area (Å²) < 4.78 is 1.95. The van der Waals surface area contributed by atoms with E-state index >= 15 is 0 Å². The van der Waals surface area contributed by atoms with Gasteiger partial charge in [0, 0.05) is 23.8 Å². The lowest BCUT2D eigenvalue weighted by molar-refractivity contribution is 0.229. The number of hydrogen-bond acceptors (Lipinski definition) is 3. The van der Waals surface area contributed by atoms with Crippen LogP contribution in [0.15, 0.2) is 42.7 Å². The summed E-state index contributed by atoms with van der Waals surface area (Å²) in [6, 6.07) is 10.3. The molecule has 4 nitrogen and oxygen atoms in total. The zero-order valence-electron chi connectivity index (χ0n) is 10.9. The minimum atomic E-state index is -0.0124. The maximum atomic E-state index is 9.25. The maximum absolute atomic E-state index is 9.25. The molecule has 0 unspecified atom stereocenters. The first-order chi connectivity index (χ1) is 9.30. The standard InChI is InChI=1S/C15H19N3O/c19-12-15(6-7-15)16-8-14-9-17-18(11-14)10-13-4-2-1-3-5-13/h1-5,9,11,16,19H,6-8,10,12H2. The summed E-state index contributed by atoms with van der Waals surface area (Å²) in [5.41, 5.74) is 2.40. The van der Waals surface area contributed by atoms with E-state index in [1.807, 2.05) is 29.1 Å². The first-order valence-electron chi connectivity index (χ1n) is 6.71. The molecule has 0 saturated heterocycles. The number of hydrogen-bond donors (Lipinski definition) is 2. The average Bonchev–Trinajstić information content (AvgIpc) is 3.11. The Hall–Kier alpha value is -1.65. The van der Waals surface area contributed by atoms with Crippen LogP contribution in [-0.2, 0) is 13.1 Å². The van der Waals surface area contributed by atoms with E-state index in [0.717, 1.165) is 31.5 Å². The molecule has 0 atom stereocenters. The molecule has 0 spiro atoms. The summed E-state index contributed by atoms with van der Waals surface area (Å²) >= 11 is 0. The Kier molecular flexibility index (Phi) is 3.36. The van der Waals surface area contributed by atoms with Gasteiger partial charge in [0.15, 0.2) is 0 Å². The normalized spacial score (nSPS) is 16.5. The molecule has 1 aromatic heterocycles. The molecule has 2 N–H and O–H groups in total. The minimum Gasteiger partial charge on any atom is -0.394 e. The van der Waals surface area contributed by atoms with Crippen LogP contribution in [0.1, 0.15) is 24.0 Å². The van der Waals surface area contributed by atoms with E-state index in [9.17, 15) is 5.11 Å². The number of nitrogens with one attached hydrogen (secondary N) is 1. The molecule has 1 aliphatic carbocycles. The maximum Gasteiger partial charge on any atom is 0.0659 e. The second kappa shape index (κ2) is 5.15. The molecular weight excluding hydrogens is 238 g/mol. The first kappa shape index (κ1) is 12.4. The highest BCUT2D eigenvalue weighted by Crippen LogP contribution is 2.34. The van der Waals surface area contributed by atoms with Gasteiger partial charge in [0.2, 0.25) is 0 Å². The van der Waals surface area contributed by atoms with E-state index in [2.05, 4.69) is 28.7 Å². The van der Waals surface area contributed by atoms with E-state index in [-0.39, 0.29) is 12.1 Å². The SMILES string of the molecule is OCC1(NCc2cnn(Cc3ccccc3)c2)CC1. The van der Waals surface area contributed by atoms with Crippen LogP contribution in [0.25, 0.3) is 0 Å². The summed E-state index contributed by atoms with van der Waals surface area (Å²) in [5, 5.41) is 17.0. The van der Waals surface area contributed by atoms with Gasteiger partial charge >= 0.3 is 0 Å². The summed E-state index contributed by atoms with van der Waals surface area (Å²) in [6.07, 6.45) is 6.10. The summed E-state index contributed by atoms with van der Waals surface area (Å²) in [5.74, 6) is 0. The van der Waals surface area contributed by atoms with Gasteiger partial charge in [-0.2, -0.15) is 5.10 Å². The predicted molar refractivity (Wildman–Crippen MR) is 73.7 cm³/mol. The zero-order valence-corrected chi connectivity index (χ0v) is 10.9. The molecular formula is C15H19N3O. The van der Waals surface area contributed by atoms with Crippen LogP contribution >= 0.6 is 0 Å². The Labute approximate surface area is 113 Å². The summed E-state index contributed by atoms with van der Waals surface area (Å²) in [6.45, 7) is 1.80. The van der Waals surface area contributed by atoms with E-state index < -0.39 is 0 Å². The van der Waals surface area contributed by atoms with Gasteiger partial charge in [-0.25, -0.2) is 0 Å². The lowest BCUT2D eigenvalue weighted by atomic mass is 10.2. The molecule has 2 aromatic rings. The fourth-order valence-electron chi connectivity index (χ4n) is 2.19. The number of aliphatic hydroxyl groups is 1. The van der Waals surface area contributed by atoms with Crippen LogP contribution in [-0.4, -0.2) is 27.0 Å². The van der Waals surface area contributed by atoms with E-state index in [1.165, 1.54) is 5.56 Å². The second-order valence-corrected chi connectivity index (χ2v) is 5.32. The number of benzene rings is 1. The fraction of sp³-hybridized carbons (Fsp3) is 0.400. The van der Waals surface area contributed by atoms with Crippen molar-refractivity contribution in [1.29, 1.82) is 0 Å². The van der Waals surface area contributed by atoms with Crippen LogP contribution in [0.3, 0.4) is 0 Å². The van der Waals surface area contributed by atoms with Crippen molar-refractivity contribution in [2.75, 3.05) is 6.61 Å². The van der Waals surface area contributed by atoms with Gasteiger partial charge in [-0.15, -0.1) is 0 Å². The summed E-state index contributed by atoms with van der Waals surface area (Å²) in [4.78, 5) is 0. The molecule has 4 heteroatoms. The molecule has 0 bridgehead atoms. The Bertz CT molecular complexity index is 531. The van der Waals surface area contributed by atoms with Gasteiger partial charge in [-0.05, 0) is 18.4 Å². The van der Waals surface area contributed by atoms with E-state index in [1.54, 1.807) is 0 Å². The molecule has 1 fully saturated rings. The zero-order chi connectivity index (χ0) is 13.1. The predicted octanol–water partition coefficient (Wildman–Crippen LogP) is 1.55. The van der Waals surface area contributed by atoms with Crippen molar-refractivity contribution in [3.8, 4) is 0 Å². The Balaban J connectivity index is 1.57. The highest BCUT2D eigenvalue weighted by atomic mass is 16.3. The van der Waals surface area contributed by atoms with E-state index in [4.69, 9.17) is 0 Å². The fourth-order valence-corrected chi connectivity index (χ4v) is 2.19. The molecule has 3 rings (SSSR count). The van der Waals surface area contributed by atoms with Gasteiger partial charge in [-0.1, -0.05) is 30.3 Å². The van der Waals surface area contributed by atoms with Crippen molar-refractivity contribution in [2.24, 2.45) is 0 Å². The van der Waals surface area contributed by atoms with Crippen LogP contribution in [0.5, 0.6) is 0 Å². The molecule has 1 aromatic carbocycles. The van der Waals surface area contributed by atoms with E-state index in [0.29, 0.717) is 0 Å². The Morgan fingerprint density at radius 3 is 2.68 bits per heavy atom. The third-order valence-electron chi connectivity index (χ3n) is 3.70. The van der Waals surface area contributed by atoms with Gasteiger partial charge in [-0.3, -0.25) is 4.68 Å². The topological polar surface area (TPSA) is 50.1 Å². The molecule has 19 heavy (non-hydrogen) atoms. The van der Waals surface area contributed by atoms with Crippen LogP contribution in [0.4, 0.5) is 0 Å². The van der Waals surface area contributed by atoms with Crippen LogP contribution in [0.2, 0.25) is 0 Å². The monoisotopic (exact) mass is 257 g/mol. The van der Waals surface area contributed by atoms with Gasteiger partial charge in [0.1, 0.15) is 0 Å². The van der Waals surface area contributed by atoms with Crippen molar-refractivity contribution in [3.05, 3.63) is 53.9 Å². The highest BCUT2D eigenvalue weighted by Gasteiger charge is 2.41. The summed E-state index contributed by atoms with van der Waals surface area (Å²) in [7, 11) is 0. The number of rotatable bonds is 6. The van der Waals surface area contributed by atoms with Crippen molar-refractivity contribution >= 4 is 0 Å². The highest BCUT2D eigenvalue weighted by molar-refractivity contribution is 5.16. The third-order valence-corrected chi connectivity index (χ3v) is 3.70. The van der Waals surface area contributed by atoms with Crippen LogP contribution in [0, 0.1) is 0 Å². The lowest BCUT2D eigenvalue weighted by Gasteiger charge is -2.12. The number of aliphatic hydroxyl groups excluding tert-OH is 1. The quantitative estimate of drug-likeness (QED) is 0.825. The molecule has 1 heterocycles. The Morgan fingerprint density at radius 1 is 1.21 bits per heavy atom. The molecule has 0 aliphatic heterocycles. The molecule has 0 radical (unpaired) electrons. The molecule has 100 valence electrons. The Morgan fingerprint density at radius 2 is 2.00 bits per heavy atom. The smallest absolute Gasteiger partial charge is 0.0659 e. The number of aromatic nitrogens is 2. The van der Waals surface area contributed by atoms with Gasteiger partial charge < -0.3 is 10.4 Å². The van der Waals surface area contributed by atoms with Crippen LogP contribution < -0.4 is 5.32 Å². The second-order valence-electron chi connectivity index (χ2n) is 5.32. The van der Waals surface area contributed by atoms with Crippen molar-refractivity contribution in [1.82, 2.24) is 15.1 Å². The first-order valence-corrected chi connectivity index (χ1v) is 6.71. The van der Waals surface area contributed by atoms with Crippen molar-refractivity contribution in [3.63, 3.8) is 0 Å². The average molecular weight is 257 g/mol. The van der Waals surface area contributed by atoms with Gasteiger partial charge in [0.25, 0.3) is 0 Å². The van der Waals surface area contributed by atoms with Crippen molar-refractivity contribution < 1.29 is 5.11 Å². The third kappa shape index (κ3) is 3.03. The van der Waals surface area contributed by atoms with Gasteiger partial charge in [0.05, 0.1) is 19.3 Å².